The molecule has 0 unspecified atom stereocenters. The van der Waals surface area contributed by atoms with Gasteiger partial charge in [0.2, 0.25) is 0 Å². The minimum atomic E-state index is -0.208. The first-order chi connectivity index (χ1) is 14.2. The monoisotopic (exact) mass is 391 g/mol. The molecule has 0 fully saturated rings. The first-order valence-electron chi connectivity index (χ1n) is 9.89. The Kier molecular flexibility index (Phi) is 5.41. The zero-order chi connectivity index (χ0) is 20.2. The van der Waals surface area contributed by atoms with Crippen LogP contribution in [0, 0.1) is 0 Å². The molecule has 29 heavy (non-hydrogen) atoms. The molecule has 3 aromatic rings. The first-order valence-corrected chi connectivity index (χ1v) is 9.89. The predicted molar refractivity (Wildman–Crippen MR) is 114 cm³/mol. The van der Waals surface area contributed by atoms with Gasteiger partial charge in [-0.1, -0.05) is 6.92 Å². The van der Waals surface area contributed by atoms with E-state index < -0.39 is 0 Å². The van der Waals surface area contributed by atoms with Gasteiger partial charge in [-0.3, -0.25) is 14.6 Å². The minimum absolute atomic E-state index is 0.208. The normalized spacial score (nSPS) is 13.7. The van der Waals surface area contributed by atoms with Crippen LogP contribution >= 0.6 is 0 Å². The van der Waals surface area contributed by atoms with Crippen molar-refractivity contribution in [2.45, 2.75) is 26.3 Å². The number of carbonyl (C=O) groups is 1. The molecule has 4 heterocycles. The number of nitrogens with one attached hydrogen (secondary N) is 1. The zero-order valence-electron chi connectivity index (χ0n) is 16.7. The number of carbonyl (C=O) groups excluding carboxylic acids is 1. The van der Waals surface area contributed by atoms with Gasteiger partial charge in [0.1, 0.15) is 0 Å². The SMILES string of the molecule is CCCn1cc(-c2ccc3c(n2)N(C(=O)Nc2cccnc2)CCCN3C)cn1. The van der Waals surface area contributed by atoms with Crippen molar-refractivity contribution in [2.75, 3.05) is 35.3 Å². The third-order valence-electron chi connectivity index (χ3n) is 4.94. The topological polar surface area (TPSA) is 79.2 Å². The fourth-order valence-corrected chi connectivity index (χ4v) is 3.46. The van der Waals surface area contributed by atoms with Gasteiger partial charge >= 0.3 is 6.03 Å². The summed E-state index contributed by atoms with van der Waals surface area (Å²) in [6.07, 6.45) is 9.01. The molecule has 0 bridgehead atoms. The summed E-state index contributed by atoms with van der Waals surface area (Å²) in [7, 11) is 2.03. The number of fused-ring (bicyclic) bond motifs is 1. The molecule has 8 heteroatoms. The fourth-order valence-electron chi connectivity index (χ4n) is 3.46. The van der Waals surface area contributed by atoms with Crippen LogP contribution in [0.15, 0.2) is 49.1 Å². The lowest BCUT2D eigenvalue weighted by molar-refractivity contribution is 0.257. The quantitative estimate of drug-likeness (QED) is 0.735. The lowest BCUT2D eigenvalue weighted by Crippen LogP contribution is -2.36. The highest BCUT2D eigenvalue weighted by Crippen LogP contribution is 2.33. The lowest BCUT2D eigenvalue weighted by Gasteiger charge is -2.24. The standard InChI is InChI=1S/C21H25N7O/c1-3-10-27-15-16(13-23-27)18-7-8-19-20(25-18)28(12-5-11-26(19)2)21(29)24-17-6-4-9-22-14-17/h4,6-9,13-15H,3,5,10-12H2,1-2H3,(H,24,29). The molecule has 1 aliphatic heterocycles. The average molecular weight is 391 g/mol. The van der Waals surface area contributed by atoms with Gasteiger partial charge in [0.15, 0.2) is 5.82 Å². The largest absolute Gasteiger partial charge is 0.372 e. The van der Waals surface area contributed by atoms with Gasteiger partial charge in [-0.25, -0.2) is 9.78 Å². The molecular formula is C21H25N7O. The molecule has 4 rings (SSSR count). The Balaban J connectivity index is 1.68. The van der Waals surface area contributed by atoms with Crippen molar-refractivity contribution in [3.8, 4) is 11.3 Å². The fraction of sp³-hybridized carbons (Fsp3) is 0.333. The summed E-state index contributed by atoms with van der Waals surface area (Å²) in [4.78, 5) is 25.8. The van der Waals surface area contributed by atoms with Crippen LogP contribution in [0.4, 0.5) is 22.0 Å². The molecule has 0 spiro atoms. The van der Waals surface area contributed by atoms with Gasteiger partial charge in [0.05, 0.1) is 29.5 Å². The van der Waals surface area contributed by atoms with E-state index in [9.17, 15) is 4.79 Å². The van der Waals surface area contributed by atoms with Crippen molar-refractivity contribution < 1.29 is 4.79 Å². The maximum Gasteiger partial charge on any atom is 0.327 e. The zero-order valence-corrected chi connectivity index (χ0v) is 16.7. The summed E-state index contributed by atoms with van der Waals surface area (Å²) >= 11 is 0. The summed E-state index contributed by atoms with van der Waals surface area (Å²) in [6, 6.07) is 7.43. The second-order valence-corrected chi connectivity index (χ2v) is 7.13. The number of aryl methyl sites for hydroxylation is 1. The molecule has 3 aromatic heterocycles. The van der Waals surface area contributed by atoms with E-state index in [0.29, 0.717) is 18.1 Å². The minimum Gasteiger partial charge on any atom is -0.372 e. The second kappa shape index (κ2) is 8.30. The Labute approximate surface area is 170 Å². The van der Waals surface area contributed by atoms with Crippen LogP contribution in [0.1, 0.15) is 19.8 Å². The molecule has 8 nitrogen and oxygen atoms in total. The van der Waals surface area contributed by atoms with Gasteiger partial charge in [0, 0.05) is 44.6 Å². The highest BCUT2D eigenvalue weighted by molar-refractivity contribution is 6.03. The molecule has 0 saturated heterocycles. The van der Waals surface area contributed by atoms with Crippen molar-refractivity contribution >= 4 is 23.2 Å². The van der Waals surface area contributed by atoms with E-state index >= 15 is 0 Å². The third-order valence-corrected chi connectivity index (χ3v) is 4.94. The Bertz CT molecular complexity index is 986. The number of amides is 2. The molecule has 0 aromatic carbocycles. The summed E-state index contributed by atoms with van der Waals surface area (Å²) < 4.78 is 1.92. The molecule has 0 radical (unpaired) electrons. The van der Waals surface area contributed by atoms with Crippen molar-refractivity contribution in [1.29, 1.82) is 0 Å². The smallest absolute Gasteiger partial charge is 0.327 e. The molecule has 0 atom stereocenters. The highest BCUT2D eigenvalue weighted by atomic mass is 16.2. The summed E-state index contributed by atoms with van der Waals surface area (Å²) in [5.41, 5.74) is 3.35. The molecular weight excluding hydrogens is 366 g/mol. The maximum absolute atomic E-state index is 13.0. The number of aromatic nitrogens is 4. The summed E-state index contributed by atoms with van der Waals surface area (Å²) in [5, 5.41) is 7.33. The number of pyridine rings is 2. The molecule has 1 N–H and O–H groups in total. The van der Waals surface area contributed by atoms with Crippen LogP contribution < -0.4 is 15.1 Å². The Morgan fingerprint density at radius 1 is 1.21 bits per heavy atom. The van der Waals surface area contributed by atoms with Crippen LogP contribution in [-0.2, 0) is 6.54 Å². The van der Waals surface area contributed by atoms with Crippen molar-refractivity contribution in [1.82, 2.24) is 19.7 Å². The van der Waals surface area contributed by atoms with E-state index in [1.807, 2.05) is 42.3 Å². The van der Waals surface area contributed by atoms with E-state index in [-0.39, 0.29) is 6.03 Å². The number of rotatable bonds is 4. The number of hydrogen-bond donors (Lipinski definition) is 1. The Morgan fingerprint density at radius 2 is 2.10 bits per heavy atom. The van der Waals surface area contributed by atoms with Crippen LogP contribution in [0.25, 0.3) is 11.3 Å². The summed E-state index contributed by atoms with van der Waals surface area (Å²) in [6.45, 7) is 4.44. The predicted octanol–water partition coefficient (Wildman–Crippen LogP) is 3.63. The van der Waals surface area contributed by atoms with Gasteiger partial charge in [-0.2, -0.15) is 5.10 Å². The van der Waals surface area contributed by atoms with E-state index in [2.05, 4.69) is 27.2 Å². The van der Waals surface area contributed by atoms with Crippen LogP contribution in [0.2, 0.25) is 0 Å². The van der Waals surface area contributed by atoms with Crippen LogP contribution in [0.3, 0.4) is 0 Å². The summed E-state index contributed by atoms with van der Waals surface area (Å²) in [5.74, 6) is 0.659. The highest BCUT2D eigenvalue weighted by Gasteiger charge is 2.26. The second-order valence-electron chi connectivity index (χ2n) is 7.13. The van der Waals surface area contributed by atoms with Crippen LogP contribution in [-0.4, -0.2) is 45.9 Å². The van der Waals surface area contributed by atoms with Crippen LogP contribution in [0.5, 0.6) is 0 Å². The van der Waals surface area contributed by atoms with E-state index in [0.717, 1.165) is 42.9 Å². The van der Waals surface area contributed by atoms with Gasteiger partial charge < -0.3 is 10.2 Å². The third kappa shape index (κ3) is 4.06. The van der Waals surface area contributed by atoms with E-state index in [1.165, 1.54) is 0 Å². The van der Waals surface area contributed by atoms with Gasteiger partial charge in [-0.05, 0) is 37.1 Å². The number of nitrogens with zero attached hydrogens (tertiary/aromatic N) is 6. The number of anilines is 3. The Morgan fingerprint density at radius 3 is 2.90 bits per heavy atom. The van der Waals surface area contributed by atoms with Crippen molar-refractivity contribution in [3.63, 3.8) is 0 Å². The number of urea groups is 1. The molecule has 1 aliphatic rings. The molecule has 0 saturated carbocycles. The van der Waals surface area contributed by atoms with Gasteiger partial charge in [0.25, 0.3) is 0 Å². The lowest BCUT2D eigenvalue weighted by atomic mass is 10.2. The number of hydrogen-bond acceptors (Lipinski definition) is 5. The first kappa shape index (κ1) is 18.9. The average Bonchev–Trinajstić information content (AvgIpc) is 3.13. The molecule has 2 amide bonds. The van der Waals surface area contributed by atoms with Crippen molar-refractivity contribution in [2.24, 2.45) is 0 Å². The molecule has 150 valence electrons. The van der Waals surface area contributed by atoms with Gasteiger partial charge in [-0.15, -0.1) is 0 Å². The Hall–Kier alpha value is -3.42. The molecule has 0 aliphatic carbocycles. The maximum atomic E-state index is 13.0. The van der Waals surface area contributed by atoms with E-state index in [1.54, 1.807) is 23.4 Å². The van der Waals surface area contributed by atoms with E-state index in [4.69, 9.17) is 4.98 Å². The van der Waals surface area contributed by atoms with Crippen molar-refractivity contribution in [3.05, 3.63) is 49.1 Å².